The van der Waals surface area contributed by atoms with E-state index in [1.54, 1.807) is 6.92 Å². The maximum Gasteiger partial charge on any atom is 0.244 e. The van der Waals surface area contributed by atoms with Crippen molar-refractivity contribution in [3.63, 3.8) is 0 Å². The van der Waals surface area contributed by atoms with Gasteiger partial charge >= 0.3 is 0 Å². The van der Waals surface area contributed by atoms with Crippen LogP contribution in [0.4, 0.5) is 0 Å². The lowest BCUT2D eigenvalue weighted by Gasteiger charge is -2.15. The molecule has 1 aliphatic rings. The van der Waals surface area contributed by atoms with E-state index >= 15 is 0 Å². The summed E-state index contributed by atoms with van der Waals surface area (Å²) in [5.41, 5.74) is 5.47. The van der Waals surface area contributed by atoms with E-state index in [1.165, 1.54) is 18.9 Å². The van der Waals surface area contributed by atoms with E-state index in [4.69, 9.17) is 10.2 Å². The number of aryl methyl sites for hydroxylation is 1. The summed E-state index contributed by atoms with van der Waals surface area (Å²) >= 11 is 0. The smallest absolute Gasteiger partial charge is 0.244 e. The second-order valence-corrected chi connectivity index (χ2v) is 6.83. The summed E-state index contributed by atoms with van der Waals surface area (Å²) in [7, 11) is -3.50. The number of rotatable bonds is 4. The SMILES string of the molecule is Cc1oc(CN)cc1S(=O)(=O)NC1CCCCCC1. The molecule has 1 aromatic heterocycles. The average Bonchev–Trinajstić information content (AvgIpc) is 2.57. The van der Waals surface area contributed by atoms with Crippen LogP contribution in [0.5, 0.6) is 0 Å². The molecule has 0 atom stereocenters. The van der Waals surface area contributed by atoms with Gasteiger partial charge in [0.05, 0.1) is 6.54 Å². The van der Waals surface area contributed by atoms with Crippen LogP contribution >= 0.6 is 0 Å². The molecule has 3 N–H and O–H groups in total. The molecule has 0 saturated heterocycles. The maximum absolute atomic E-state index is 12.4. The average molecular weight is 286 g/mol. The Morgan fingerprint density at radius 2 is 1.95 bits per heavy atom. The summed E-state index contributed by atoms with van der Waals surface area (Å²) in [6.45, 7) is 1.86. The molecule has 0 spiro atoms. The number of furan rings is 1. The fourth-order valence-corrected chi connectivity index (χ4v) is 4.08. The molecule has 0 aromatic carbocycles. The highest BCUT2D eigenvalue weighted by atomic mass is 32.2. The monoisotopic (exact) mass is 286 g/mol. The van der Waals surface area contributed by atoms with Gasteiger partial charge in [-0.3, -0.25) is 0 Å². The molecule has 1 aliphatic carbocycles. The predicted molar refractivity (Wildman–Crippen MR) is 73.1 cm³/mol. The summed E-state index contributed by atoms with van der Waals surface area (Å²) in [4.78, 5) is 0.220. The summed E-state index contributed by atoms with van der Waals surface area (Å²) in [6.07, 6.45) is 6.40. The van der Waals surface area contributed by atoms with E-state index in [9.17, 15) is 8.42 Å². The van der Waals surface area contributed by atoms with Crippen molar-refractivity contribution in [2.24, 2.45) is 5.73 Å². The van der Waals surface area contributed by atoms with Gasteiger partial charge in [0.25, 0.3) is 0 Å². The summed E-state index contributed by atoms with van der Waals surface area (Å²) in [6, 6.07) is 1.57. The highest BCUT2D eigenvalue weighted by Crippen LogP contribution is 2.23. The zero-order chi connectivity index (χ0) is 13.9. The molecule has 1 heterocycles. The molecule has 5 nitrogen and oxygen atoms in total. The van der Waals surface area contributed by atoms with E-state index in [2.05, 4.69) is 4.72 Å². The van der Waals surface area contributed by atoms with Crippen LogP contribution in [0.15, 0.2) is 15.4 Å². The van der Waals surface area contributed by atoms with Gasteiger partial charge in [-0.15, -0.1) is 0 Å². The molecular formula is C13H22N2O3S. The molecule has 0 bridgehead atoms. The van der Waals surface area contributed by atoms with Crippen molar-refractivity contribution < 1.29 is 12.8 Å². The first kappa shape index (κ1) is 14.6. The zero-order valence-electron chi connectivity index (χ0n) is 11.3. The van der Waals surface area contributed by atoms with E-state index < -0.39 is 10.0 Å². The topological polar surface area (TPSA) is 85.3 Å². The molecule has 0 aliphatic heterocycles. The molecule has 0 radical (unpaired) electrons. The van der Waals surface area contributed by atoms with E-state index in [1.807, 2.05) is 0 Å². The van der Waals surface area contributed by atoms with Crippen molar-refractivity contribution in [1.29, 1.82) is 0 Å². The number of sulfonamides is 1. The largest absolute Gasteiger partial charge is 0.464 e. The molecule has 2 rings (SSSR count). The molecule has 0 unspecified atom stereocenters. The zero-order valence-corrected chi connectivity index (χ0v) is 12.1. The Morgan fingerprint density at radius 3 is 2.47 bits per heavy atom. The van der Waals surface area contributed by atoms with Gasteiger partial charge in [-0.25, -0.2) is 13.1 Å². The summed E-state index contributed by atoms with van der Waals surface area (Å²) in [5.74, 6) is 0.903. The predicted octanol–water partition coefficient (Wildman–Crippen LogP) is 2.05. The van der Waals surface area contributed by atoms with Crippen molar-refractivity contribution in [1.82, 2.24) is 4.72 Å². The highest BCUT2D eigenvalue weighted by Gasteiger charge is 2.25. The first-order chi connectivity index (χ1) is 9.03. The third kappa shape index (κ3) is 3.58. The van der Waals surface area contributed by atoms with Crippen LogP contribution in [-0.4, -0.2) is 14.5 Å². The van der Waals surface area contributed by atoms with Gasteiger partial charge in [-0.2, -0.15) is 0 Å². The maximum atomic E-state index is 12.4. The molecule has 6 heteroatoms. The van der Waals surface area contributed by atoms with Gasteiger partial charge in [0.1, 0.15) is 16.4 Å². The first-order valence-electron chi connectivity index (χ1n) is 6.84. The van der Waals surface area contributed by atoms with Crippen LogP contribution in [0.2, 0.25) is 0 Å². The van der Waals surface area contributed by atoms with Crippen molar-refractivity contribution in [3.05, 3.63) is 17.6 Å². The molecular weight excluding hydrogens is 264 g/mol. The van der Waals surface area contributed by atoms with Crippen molar-refractivity contribution >= 4 is 10.0 Å². The Kier molecular flexibility index (Phi) is 4.65. The third-order valence-electron chi connectivity index (χ3n) is 3.59. The lowest BCUT2D eigenvalue weighted by Crippen LogP contribution is -2.34. The molecule has 1 aromatic rings. The number of nitrogens with one attached hydrogen (secondary N) is 1. The minimum Gasteiger partial charge on any atom is -0.464 e. The normalized spacial score (nSPS) is 18.4. The Hall–Kier alpha value is -0.850. The lowest BCUT2D eigenvalue weighted by molar-refractivity contribution is 0.476. The van der Waals surface area contributed by atoms with Crippen LogP contribution in [-0.2, 0) is 16.6 Å². The Morgan fingerprint density at radius 1 is 1.32 bits per heavy atom. The van der Waals surface area contributed by atoms with Crippen LogP contribution in [0.1, 0.15) is 50.0 Å². The van der Waals surface area contributed by atoms with Gasteiger partial charge in [0.15, 0.2) is 0 Å². The Balaban J connectivity index is 2.14. The number of hydrogen-bond acceptors (Lipinski definition) is 4. The van der Waals surface area contributed by atoms with E-state index in [0.717, 1.165) is 25.7 Å². The molecule has 0 amide bonds. The Bertz CT molecular complexity index is 514. The fourth-order valence-electron chi connectivity index (χ4n) is 2.57. The second kappa shape index (κ2) is 6.07. The minimum absolute atomic E-state index is 0.0446. The molecule has 19 heavy (non-hydrogen) atoms. The van der Waals surface area contributed by atoms with Crippen LogP contribution in [0.3, 0.4) is 0 Å². The summed E-state index contributed by atoms with van der Waals surface area (Å²) in [5, 5.41) is 0. The fraction of sp³-hybridized carbons (Fsp3) is 0.692. The van der Waals surface area contributed by atoms with Crippen molar-refractivity contribution in [2.45, 2.75) is 62.9 Å². The molecule has 1 fully saturated rings. The van der Waals surface area contributed by atoms with Crippen molar-refractivity contribution in [2.75, 3.05) is 0 Å². The Labute approximate surface area is 114 Å². The van der Waals surface area contributed by atoms with Gasteiger partial charge in [0.2, 0.25) is 10.0 Å². The number of nitrogens with two attached hydrogens (primary N) is 1. The van der Waals surface area contributed by atoms with Gasteiger partial charge in [-0.1, -0.05) is 25.7 Å². The van der Waals surface area contributed by atoms with E-state index in [-0.39, 0.29) is 17.5 Å². The molecule has 1 saturated carbocycles. The molecule has 108 valence electrons. The minimum atomic E-state index is -3.50. The lowest BCUT2D eigenvalue weighted by atomic mass is 10.1. The summed E-state index contributed by atoms with van der Waals surface area (Å²) < 4.78 is 32.8. The van der Waals surface area contributed by atoms with Crippen LogP contribution < -0.4 is 10.5 Å². The van der Waals surface area contributed by atoms with Gasteiger partial charge < -0.3 is 10.2 Å². The van der Waals surface area contributed by atoms with Crippen LogP contribution in [0, 0.1) is 6.92 Å². The first-order valence-corrected chi connectivity index (χ1v) is 8.33. The van der Waals surface area contributed by atoms with E-state index in [0.29, 0.717) is 11.5 Å². The number of hydrogen-bond donors (Lipinski definition) is 2. The second-order valence-electron chi connectivity index (χ2n) is 5.15. The standard InChI is InChI=1S/C13H22N2O3S/c1-10-13(8-12(9-14)18-10)19(16,17)15-11-6-4-2-3-5-7-11/h8,11,15H,2-7,9,14H2,1H3. The van der Waals surface area contributed by atoms with Gasteiger partial charge in [0, 0.05) is 12.1 Å². The van der Waals surface area contributed by atoms with Crippen molar-refractivity contribution in [3.8, 4) is 0 Å². The highest BCUT2D eigenvalue weighted by molar-refractivity contribution is 7.89. The quantitative estimate of drug-likeness (QED) is 0.829. The van der Waals surface area contributed by atoms with Crippen LogP contribution in [0.25, 0.3) is 0 Å². The third-order valence-corrected chi connectivity index (χ3v) is 5.22. The van der Waals surface area contributed by atoms with Gasteiger partial charge in [-0.05, 0) is 19.8 Å².